The molecule has 0 aliphatic heterocycles. The third kappa shape index (κ3) is 5.80. The van der Waals surface area contributed by atoms with Gasteiger partial charge in [0, 0.05) is 11.0 Å². The maximum atomic E-state index is 9.92. The Morgan fingerprint density at radius 2 is 0.886 bits per heavy atom. The smallest absolute Gasteiger partial charge is 0.119 e. The van der Waals surface area contributed by atoms with Crippen LogP contribution in [-0.4, -0.2) is 10.2 Å². The summed E-state index contributed by atoms with van der Waals surface area (Å²) in [6.45, 7) is 4.24. The molecule has 0 aliphatic carbocycles. The zero-order valence-electron chi connectivity index (χ0n) is 20.1. The molecule has 0 heterocycles. The summed E-state index contributed by atoms with van der Waals surface area (Å²) in [6.07, 6.45) is 0. The van der Waals surface area contributed by atoms with E-state index in [0.717, 1.165) is 27.8 Å². The van der Waals surface area contributed by atoms with E-state index < -0.39 is 0 Å². The van der Waals surface area contributed by atoms with Gasteiger partial charge < -0.3 is 10.2 Å². The normalized spacial score (nSPS) is 10.8. The molecule has 2 heteroatoms. The Morgan fingerprint density at radius 1 is 0.457 bits per heavy atom. The molecule has 0 aromatic heterocycles. The first-order valence-electron chi connectivity index (χ1n) is 11.7. The van der Waals surface area contributed by atoms with Crippen molar-refractivity contribution in [2.24, 2.45) is 0 Å². The molecule has 5 aromatic rings. The van der Waals surface area contributed by atoms with Crippen molar-refractivity contribution in [2.75, 3.05) is 0 Å². The van der Waals surface area contributed by atoms with Gasteiger partial charge in [-0.15, -0.1) is 0 Å². The van der Waals surface area contributed by atoms with Gasteiger partial charge in [-0.05, 0) is 52.1 Å². The molecule has 174 valence electrons. The fourth-order valence-electron chi connectivity index (χ4n) is 4.22. The molecule has 0 amide bonds. The van der Waals surface area contributed by atoms with Gasteiger partial charge in [0.2, 0.25) is 0 Å². The molecule has 0 fully saturated rings. The Labute approximate surface area is 207 Å². The summed E-state index contributed by atoms with van der Waals surface area (Å²) in [5.74, 6) is 0.650. The first kappa shape index (κ1) is 23.8. The lowest BCUT2D eigenvalue weighted by Gasteiger charge is -2.26. The topological polar surface area (TPSA) is 40.5 Å². The van der Waals surface area contributed by atoms with Gasteiger partial charge in [-0.25, -0.2) is 0 Å². The molecule has 0 saturated carbocycles. The van der Waals surface area contributed by atoms with E-state index in [1.54, 1.807) is 18.2 Å². The van der Waals surface area contributed by atoms with Crippen LogP contribution in [0.1, 0.15) is 25.0 Å². The van der Waals surface area contributed by atoms with E-state index in [1.807, 2.05) is 97.1 Å². The highest BCUT2D eigenvalue weighted by Crippen LogP contribution is 2.36. The van der Waals surface area contributed by atoms with E-state index in [1.165, 1.54) is 5.56 Å². The third-order valence-electron chi connectivity index (χ3n) is 6.20. The lowest BCUT2D eigenvalue weighted by Crippen LogP contribution is -2.18. The van der Waals surface area contributed by atoms with Crippen molar-refractivity contribution < 1.29 is 10.2 Å². The van der Waals surface area contributed by atoms with Gasteiger partial charge >= 0.3 is 0 Å². The number of aromatic hydroxyl groups is 2. The zero-order chi connectivity index (χ0) is 24.7. The predicted octanol–water partition coefficient (Wildman–Crippen LogP) is 8.44. The number of hydrogen-bond donors (Lipinski definition) is 2. The maximum absolute atomic E-state index is 9.92. The van der Waals surface area contributed by atoms with Crippen LogP contribution in [0.5, 0.6) is 11.5 Å². The Balaban J connectivity index is 0.000000168. The Kier molecular flexibility index (Phi) is 7.32. The predicted molar refractivity (Wildman–Crippen MR) is 146 cm³/mol. The van der Waals surface area contributed by atoms with Crippen molar-refractivity contribution in [3.05, 3.63) is 145 Å². The monoisotopic (exact) mass is 458 g/mol. The molecule has 0 unspecified atom stereocenters. The van der Waals surface area contributed by atoms with Gasteiger partial charge in [0.25, 0.3) is 0 Å². The summed E-state index contributed by atoms with van der Waals surface area (Å²) in [5.41, 5.74) is 6.26. The summed E-state index contributed by atoms with van der Waals surface area (Å²) in [4.78, 5) is 0. The largest absolute Gasteiger partial charge is 0.508 e. The van der Waals surface area contributed by atoms with Gasteiger partial charge in [0.15, 0.2) is 0 Å². The molecule has 5 aromatic carbocycles. The molecule has 0 aliphatic rings. The molecule has 2 nitrogen and oxygen atoms in total. The highest BCUT2D eigenvalue weighted by atomic mass is 16.3. The molecule has 5 rings (SSSR count). The molecule has 0 radical (unpaired) electrons. The molecular weight excluding hydrogens is 428 g/mol. The zero-order valence-corrected chi connectivity index (χ0v) is 20.1. The minimum Gasteiger partial charge on any atom is -0.508 e. The van der Waals surface area contributed by atoms with E-state index in [0.29, 0.717) is 11.5 Å². The van der Waals surface area contributed by atoms with Gasteiger partial charge in [-0.3, -0.25) is 0 Å². The second kappa shape index (κ2) is 10.8. The molecule has 0 atom stereocenters. The van der Waals surface area contributed by atoms with Crippen molar-refractivity contribution in [1.29, 1.82) is 0 Å². The average Bonchev–Trinajstić information content (AvgIpc) is 2.90. The van der Waals surface area contributed by atoms with Gasteiger partial charge in [-0.2, -0.15) is 0 Å². The van der Waals surface area contributed by atoms with Gasteiger partial charge in [-0.1, -0.05) is 123 Å². The van der Waals surface area contributed by atoms with Crippen LogP contribution in [0, 0.1) is 0 Å². The van der Waals surface area contributed by atoms with E-state index in [9.17, 15) is 10.2 Å². The fourth-order valence-corrected chi connectivity index (χ4v) is 4.22. The first-order valence-corrected chi connectivity index (χ1v) is 11.7. The maximum Gasteiger partial charge on any atom is 0.119 e. The van der Waals surface area contributed by atoms with Crippen LogP contribution < -0.4 is 0 Å². The van der Waals surface area contributed by atoms with Crippen LogP contribution in [0.4, 0.5) is 0 Å². The summed E-state index contributed by atoms with van der Waals surface area (Å²) in [5, 5.41) is 19.8. The van der Waals surface area contributed by atoms with Crippen LogP contribution in [0.3, 0.4) is 0 Å². The average molecular weight is 459 g/mol. The van der Waals surface area contributed by atoms with Crippen LogP contribution in [0.2, 0.25) is 0 Å². The molecule has 35 heavy (non-hydrogen) atoms. The lowest BCUT2D eigenvalue weighted by atomic mass is 9.78. The number of phenols is 2. The van der Waals surface area contributed by atoms with Crippen LogP contribution in [0.15, 0.2) is 133 Å². The van der Waals surface area contributed by atoms with E-state index >= 15 is 0 Å². The summed E-state index contributed by atoms with van der Waals surface area (Å²) in [6, 6.07) is 43.6. The molecular formula is C33H30O2. The third-order valence-corrected chi connectivity index (χ3v) is 6.20. The molecule has 2 N–H and O–H groups in total. The first-order chi connectivity index (χ1) is 16.9. The van der Waals surface area contributed by atoms with Crippen molar-refractivity contribution >= 4 is 0 Å². The SMILES string of the molecule is CC(C)(c1ccccc1)c1ccccc1O.Oc1cc(-c2ccccc2)cc(-c2ccccc2)c1. The standard InChI is InChI=1S/C18H14O.C15H16O/c19-18-12-16(14-7-3-1-4-8-14)11-17(13-18)15-9-5-2-6-10-15;1-15(2,12-8-4-3-5-9-12)13-10-6-7-11-14(13)16/h1-13,19H;3-11,16H,1-2H3. The summed E-state index contributed by atoms with van der Waals surface area (Å²) >= 11 is 0. The number of para-hydroxylation sites is 1. The number of phenolic OH excluding ortho intramolecular Hbond substituents is 2. The van der Waals surface area contributed by atoms with Crippen molar-refractivity contribution in [2.45, 2.75) is 19.3 Å². The van der Waals surface area contributed by atoms with Crippen LogP contribution >= 0.6 is 0 Å². The van der Waals surface area contributed by atoms with Crippen LogP contribution in [0.25, 0.3) is 22.3 Å². The summed E-state index contributed by atoms with van der Waals surface area (Å²) < 4.78 is 0. The lowest BCUT2D eigenvalue weighted by molar-refractivity contribution is 0.453. The van der Waals surface area contributed by atoms with Crippen molar-refractivity contribution in [1.82, 2.24) is 0 Å². The summed E-state index contributed by atoms with van der Waals surface area (Å²) in [7, 11) is 0. The molecule has 0 saturated heterocycles. The minimum absolute atomic E-state index is 0.174. The molecule has 0 spiro atoms. The number of benzene rings is 5. The Morgan fingerprint density at radius 3 is 1.37 bits per heavy atom. The van der Waals surface area contributed by atoms with Gasteiger partial charge in [0.1, 0.15) is 11.5 Å². The highest BCUT2D eigenvalue weighted by molar-refractivity contribution is 5.75. The second-order valence-electron chi connectivity index (χ2n) is 9.01. The van der Waals surface area contributed by atoms with E-state index in [2.05, 4.69) is 32.0 Å². The second-order valence-corrected chi connectivity index (χ2v) is 9.01. The highest BCUT2D eigenvalue weighted by Gasteiger charge is 2.25. The minimum atomic E-state index is -0.174. The van der Waals surface area contributed by atoms with E-state index in [4.69, 9.17) is 0 Å². The Bertz CT molecular complexity index is 1300. The van der Waals surface area contributed by atoms with Crippen molar-refractivity contribution in [3.63, 3.8) is 0 Å². The fraction of sp³-hybridized carbons (Fsp3) is 0.0909. The Hall–Kier alpha value is -4.30. The van der Waals surface area contributed by atoms with Crippen LogP contribution in [-0.2, 0) is 5.41 Å². The number of hydrogen-bond acceptors (Lipinski definition) is 2. The molecule has 0 bridgehead atoms. The number of rotatable bonds is 4. The quantitative estimate of drug-likeness (QED) is 0.284. The van der Waals surface area contributed by atoms with Crippen molar-refractivity contribution in [3.8, 4) is 33.8 Å². The van der Waals surface area contributed by atoms with E-state index in [-0.39, 0.29) is 5.41 Å². The van der Waals surface area contributed by atoms with Gasteiger partial charge in [0.05, 0.1) is 0 Å².